The lowest BCUT2D eigenvalue weighted by Gasteiger charge is -2.34. The molecule has 8 nitrogen and oxygen atoms in total. The Kier molecular flexibility index (Phi) is 5.66. The van der Waals surface area contributed by atoms with Gasteiger partial charge in [-0.3, -0.25) is 14.1 Å². The molecule has 4 aromatic rings. The van der Waals surface area contributed by atoms with Crippen molar-refractivity contribution < 1.29 is 14.3 Å². The van der Waals surface area contributed by atoms with Crippen LogP contribution in [0.2, 0.25) is 0 Å². The van der Waals surface area contributed by atoms with E-state index in [2.05, 4.69) is 32.4 Å². The van der Waals surface area contributed by atoms with E-state index in [1.807, 2.05) is 34.9 Å². The summed E-state index contributed by atoms with van der Waals surface area (Å²) < 4.78 is 15.4. The van der Waals surface area contributed by atoms with E-state index in [0.717, 1.165) is 41.8 Å². The Hall–Kier alpha value is -3.82. The number of nitrogens with zero attached hydrogens (tertiary/aromatic N) is 4. The van der Waals surface area contributed by atoms with Gasteiger partial charge in [0.15, 0.2) is 0 Å². The minimum Gasteiger partial charge on any atom is -0.392 e. The second kappa shape index (κ2) is 9.00. The molecule has 0 unspecified atom stereocenters. The van der Waals surface area contributed by atoms with Crippen LogP contribution in [0.1, 0.15) is 47.3 Å². The molecule has 36 heavy (non-hydrogen) atoms. The number of hydrogen-bond acceptors (Lipinski definition) is 6. The zero-order valence-electron chi connectivity index (χ0n) is 19.9. The number of piperidine rings is 1. The molecule has 1 aromatic carbocycles. The first-order chi connectivity index (χ1) is 17.5. The van der Waals surface area contributed by atoms with Gasteiger partial charge in [-0.2, -0.15) is 0 Å². The summed E-state index contributed by atoms with van der Waals surface area (Å²) in [5, 5.41) is 16.2. The highest BCUT2D eigenvalue weighted by Crippen LogP contribution is 2.35. The molecule has 184 valence electrons. The van der Waals surface area contributed by atoms with Crippen LogP contribution in [-0.4, -0.2) is 49.5 Å². The van der Waals surface area contributed by atoms with Crippen LogP contribution in [0, 0.1) is 5.82 Å². The Labute approximate surface area is 207 Å². The molecule has 3 aromatic heterocycles. The summed E-state index contributed by atoms with van der Waals surface area (Å²) in [6, 6.07) is 10.7. The molecule has 1 amide bonds. The molecule has 0 spiro atoms. The largest absolute Gasteiger partial charge is 0.392 e. The molecule has 2 aliphatic rings. The predicted octanol–water partition coefficient (Wildman–Crippen LogP) is 4.04. The first kappa shape index (κ1) is 22.6. The van der Waals surface area contributed by atoms with Crippen molar-refractivity contribution in [3.8, 4) is 11.3 Å². The number of halogens is 1. The highest BCUT2D eigenvalue weighted by Gasteiger charge is 2.28. The van der Waals surface area contributed by atoms with Gasteiger partial charge in [0.25, 0.3) is 5.91 Å². The summed E-state index contributed by atoms with van der Waals surface area (Å²) in [6.45, 7) is 4.18. The van der Waals surface area contributed by atoms with Gasteiger partial charge in [-0.25, -0.2) is 14.4 Å². The number of β-amino-alcohol motifs (C(OH)–C–C–N with tert-alkyl or cyclic N) is 1. The minimum absolute atomic E-state index is 0.150. The molecule has 0 saturated carbocycles. The van der Waals surface area contributed by atoms with E-state index in [9.17, 15) is 14.3 Å². The number of hydrogen-bond donors (Lipinski definition) is 3. The van der Waals surface area contributed by atoms with E-state index < -0.39 is 0 Å². The van der Waals surface area contributed by atoms with Crippen molar-refractivity contribution >= 4 is 23.1 Å². The maximum absolute atomic E-state index is 13.6. The number of likely N-dealkylation sites (tertiary alicyclic amines) is 1. The second-order valence-corrected chi connectivity index (χ2v) is 9.48. The number of aliphatic hydroxyl groups excluding tert-OH is 1. The van der Waals surface area contributed by atoms with Crippen molar-refractivity contribution in [1.29, 1.82) is 0 Å². The summed E-state index contributed by atoms with van der Waals surface area (Å²) in [7, 11) is 0. The molecular weight excluding hydrogens is 459 g/mol. The fraction of sp³-hybridized carbons (Fsp3) is 0.296. The lowest BCUT2D eigenvalue weighted by Crippen LogP contribution is -2.39. The maximum Gasteiger partial charge on any atom is 0.254 e. The molecule has 2 aliphatic heterocycles. The summed E-state index contributed by atoms with van der Waals surface area (Å²) in [5.74, 6) is 0.148. The van der Waals surface area contributed by atoms with Crippen molar-refractivity contribution in [3.05, 3.63) is 77.5 Å². The van der Waals surface area contributed by atoms with Gasteiger partial charge in [-0.05, 0) is 55.6 Å². The van der Waals surface area contributed by atoms with Crippen LogP contribution in [0.3, 0.4) is 0 Å². The molecule has 3 N–H and O–H groups in total. The van der Waals surface area contributed by atoms with Crippen LogP contribution in [0.15, 0.2) is 55.0 Å². The number of rotatable bonds is 5. The summed E-state index contributed by atoms with van der Waals surface area (Å²) in [5.41, 5.74) is 5.37. The topological polar surface area (TPSA) is 94.8 Å². The van der Waals surface area contributed by atoms with Crippen LogP contribution in [-0.2, 0) is 6.54 Å². The Bertz CT molecular complexity index is 1450. The second-order valence-electron chi connectivity index (χ2n) is 9.48. The van der Waals surface area contributed by atoms with E-state index in [0.29, 0.717) is 35.8 Å². The predicted molar refractivity (Wildman–Crippen MR) is 135 cm³/mol. The number of carbonyl (C=O) groups is 1. The number of fused-ring (bicyclic) bond motifs is 2. The number of pyridine rings is 2. The molecule has 2 atom stereocenters. The Balaban J connectivity index is 1.28. The Morgan fingerprint density at radius 1 is 1.19 bits per heavy atom. The van der Waals surface area contributed by atoms with Crippen LogP contribution in [0.5, 0.6) is 0 Å². The van der Waals surface area contributed by atoms with Gasteiger partial charge >= 0.3 is 0 Å². The van der Waals surface area contributed by atoms with Gasteiger partial charge < -0.3 is 15.7 Å². The first-order valence-corrected chi connectivity index (χ1v) is 12.2. The number of anilines is 2. The highest BCUT2D eigenvalue weighted by atomic mass is 19.1. The highest BCUT2D eigenvalue weighted by molar-refractivity contribution is 6.06. The third kappa shape index (κ3) is 4.00. The van der Waals surface area contributed by atoms with Crippen LogP contribution in [0.25, 0.3) is 16.9 Å². The first-order valence-electron chi connectivity index (χ1n) is 12.2. The average Bonchev–Trinajstić information content (AvgIpc) is 3.48. The molecule has 1 fully saturated rings. The normalized spacial score (nSPS) is 18.8. The molecular formula is C27H27FN6O2. The van der Waals surface area contributed by atoms with Crippen molar-refractivity contribution in [2.75, 3.05) is 18.4 Å². The standard InChI is InChI=1S/C27H27FN6O2/c1-16(33-9-2-3-19(35)15-33)17-4-7-24(29-12-17)32-22-6-5-20(21-13-31-27(36)26(21)22)23-14-30-25-11-18(28)8-10-34(23)25/h4-8,10-12,14,16,19,35H,2-3,9,13,15H2,1H3,(H,29,32)(H,31,36)/t16-,19+/m1/s1. The smallest absolute Gasteiger partial charge is 0.254 e. The third-order valence-electron chi connectivity index (χ3n) is 7.22. The summed E-state index contributed by atoms with van der Waals surface area (Å²) >= 11 is 0. The number of aromatic nitrogens is 3. The monoisotopic (exact) mass is 486 g/mol. The molecule has 5 heterocycles. The summed E-state index contributed by atoms with van der Waals surface area (Å²) in [4.78, 5) is 24.0. The van der Waals surface area contributed by atoms with Crippen LogP contribution < -0.4 is 10.6 Å². The quantitative estimate of drug-likeness (QED) is 0.394. The van der Waals surface area contributed by atoms with E-state index >= 15 is 0 Å². The zero-order valence-corrected chi connectivity index (χ0v) is 19.9. The minimum atomic E-state index is -0.345. The molecule has 9 heteroatoms. The van der Waals surface area contributed by atoms with Crippen molar-refractivity contribution in [3.63, 3.8) is 0 Å². The molecule has 0 radical (unpaired) electrons. The Morgan fingerprint density at radius 2 is 2.08 bits per heavy atom. The molecule has 1 saturated heterocycles. The van der Waals surface area contributed by atoms with Crippen molar-refractivity contribution in [2.24, 2.45) is 0 Å². The number of carbonyl (C=O) groups excluding carboxylic acids is 1. The number of benzene rings is 1. The third-order valence-corrected chi connectivity index (χ3v) is 7.22. The van der Waals surface area contributed by atoms with Crippen LogP contribution in [0.4, 0.5) is 15.9 Å². The van der Waals surface area contributed by atoms with E-state index in [1.54, 1.807) is 12.4 Å². The lowest BCUT2D eigenvalue weighted by molar-refractivity contribution is 0.0503. The number of amides is 1. The number of imidazole rings is 1. The van der Waals surface area contributed by atoms with Gasteiger partial charge in [0.1, 0.15) is 17.3 Å². The van der Waals surface area contributed by atoms with Gasteiger partial charge in [-0.1, -0.05) is 12.1 Å². The molecule has 0 aliphatic carbocycles. The van der Waals surface area contributed by atoms with Gasteiger partial charge in [0, 0.05) is 43.2 Å². The zero-order chi connectivity index (χ0) is 24.8. The van der Waals surface area contributed by atoms with Gasteiger partial charge in [0.2, 0.25) is 0 Å². The van der Waals surface area contributed by atoms with Crippen molar-refractivity contribution in [1.82, 2.24) is 24.6 Å². The lowest BCUT2D eigenvalue weighted by atomic mass is 9.99. The molecule has 0 bridgehead atoms. The average molecular weight is 487 g/mol. The fourth-order valence-electron chi connectivity index (χ4n) is 5.26. The number of aliphatic hydroxyl groups is 1. The maximum atomic E-state index is 13.6. The number of nitrogens with one attached hydrogen (secondary N) is 2. The van der Waals surface area contributed by atoms with Gasteiger partial charge in [0.05, 0.1) is 29.2 Å². The van der Waals surface area contributed by atoms with Crippen molar-refractivity contribution in [2.45, 2.75) is 38.5 Å². The van der Waals surface area contributed by atoms with E-state index in [-0.39, 0.29) is 23.9 Å². The van der Waals surface area contributed by atoms with E-state index in [4.69, 9.17) is 0 Å². The SMILES string of the molecule is C[C@H](c1ccc(Nc2ccc(-c3cnc4cc(F)ccn34)c3c2C(=O)NC3)nc1)N1CCC[C@H](O)C1. The van der Waals surface area contributed by atoms with Gasteiger partial charge in [-0.15, -0.1) is 0 Å². The van der Waals surface area contributed by atoms with E-state index in [1.165, 1.54) is 12.1 Å². The fourth-order valence-corrected chi connectivity index (χ4v) is 5.26. The molecule has 6 rings (SSSR count). The Morgan fingerprint density at radius 3 is 2.89 bits per heavy atom. The van der Waals surface area contributed by atoms with Crippen LogP contribution >= 0.6 is 0 Å². The summed E-state index contributed by atoms with van der Waals surface area (Å²) in [6.07, 6.45) is 6.77.